The Labute approximate surface area is 131 Å². The van der Waals surface area contributed by atoms with Gasteiger partial charge < -0.3 is 5.32 Å². The van der Waals surface area contributed by atoms with E-state index in [1.165, 1.54) is 76.3 Å². The van der Waals surface area contributed by atoms with E-state index in [-0.39, 0.29) is 0 Å². The minimum atomic E-state index is 0.747. The van der Waals surface area contributed by atoms with Crippen LogP contribution in [0.4, 0.5) is 0 Å². The number of rotatable bonds is 9. The van der Waals surface area contributed by atoms with Crippen LogP contribution in [0, 0.1) is 5.92 Å². The van der Waals surface area contributed by atoms with Gasteiger partial charge in [-0.3, -0.25) is 0 Å². The van der Waals surface area contributed by atoms with E-state index in [2.05, 4.69) is 42.6 Å². The van der Waals surface area contributed by atoms with Crippen molar-refractivity contribution in [3.63, 3.8) is 0 Å². The van der Waals surface area contributed by atoms with Crippen LogP contribution in [0.1, 0.15) is 70.3 Å². The van der Waals surface area contributed by atoms with Crippen molar-refractivity contribution in [2.75, 3.05) is 6.54 Å². The summed E-state index contributed by atoms with van der Waals surface area (Å²) in [6.45, 7) is 3.46. The first-order valence-electron chi connectivity index (χ1n) is 9.15. The number of nitrogens with one attached hydrogen (secondary N) is 1. The average Bonchev–Trinajstić information content (AvgIpc) is 2.54. The van der Waals surface area contributed by atoms with Crippen LogP contribution in [0.15, 0.2) is 30.3 Å². The molecule has 21 heavy (non-hydrogen) atoms. The van der Waals surface area contributed by atoms with Gasteiger partial charge in [0, 0.05) is 6.04 Å². The molecule has 118 valence electrons. The second kappa shape index (κ2) is 10.00. The quantitative estimate of drug-likeness (QED) is 0.645. The predicted molar refractivity (Wildman–Crippen MR) is 92.7 cm³/mol. The lowest BCUT2D eigenvalue weighted by Gasteiger charge is -2.27. The molecule has 1 atom stereocenters. The van der Waals surface area contributed by atoms with E-state index < -0.39 is 0 Å². The van der Waals surface area contributed by atoms with Gasteiger partial charge in [-0.25, -0.2) is 0 Å². The number of hydrogen-bond donors (Lipinski definition) is 1. The van der Waals surface area contributed by atoms with Crippen molar-refractivity contribution in [2.45, 2.75) is 77.2 Å². The molecule has 1 heteroatoms. The summed E-state index contributed by atoms with van der Waals surface area (Å²) in [7, 11) is 0. The molecule has 1 aliphatic carbocycles. The van der Waals surface area contributed by atoms with Gasteiger partial charge in [0.2, 0.25) is 0 Å². The summed E-state index contributed by atoms with van der Waals surface area (Å²) in [5, 5.41) is 3.80. The molecule has 1 aromatic carbocycles. The Morgan fingerprint density at radius 3 is 2.57 bits per heavy atom. The van der Waals surface area contributed by atoms with Gasteiger partial charge in [0.05, 0.1) is 0 Å². The topological polar surface area (TPSA) is 12.0 Å². The molecule has 0 saturated heterocycles. The lowest BCUT2D eigenvalue weighted by molar-refractivity contribution is 0.289. The number of benzene rings is 1. The minimum Gasteiger partial charge on any atom is -0.314 e. The summed E-state index contributed by atoms with van der Waals surface area (Å²) in [5.74, 6) is 0.991. The average molecular weight is 287 g/mol. The maximum Gasteiger partial charge on any atom is 0.00698 e. The van der Waals surface area contributed by atoms with Gasteiger partial charge in [-0.1, -0.05) is 69.4 Å². The highest BCUT2D eigenvalue weighted by atomic mass is 14.9. The Hall–Kier alpha value is -0.820. The van der Waals surface area contributed by atoms with E-state index in [1.54, 1.807) is 0 Å². The second-order valence-electron chi connectivity index (χ2n) is 6.77. The van der Waals surface area contributed by atoms with Crippen LogP contribution >= 0.6 is 0 Å². The summed E-state index contributed by atoms with van der Waals surface area (Å²) >= 11 is 0. The molecule has 1 unspecified atom stereocenters. The van der Waals surface area contributed by atoms with E-state index in [0.29, 0.717) is 0 Å². The van der Waals surface area contributed by atoms with Gasteiger partial charge in [0.25, 0.3) is 0 Å². The van der Waals surface area contributed by atoms with Gasteiger partial charge in [-0.2, -0.15) is 0 Å². The fourth-order valence-corrected chi connectivity index (χ4v) is 3.67. The van der Waals surface area contributed by atoms with Gasteiger partial charge in [-0.15, -0.1) is 0 Å². The molecule has 1 aromatic rings. The Morgan fingerprint density at radius 2 is 1.86 bits per heavy atom. The highest BCUT2D eigenvalue weighted by Gasteiger charge is 2.18. The standard InChI is InChI=1S/C20H33N/c1-2-16-21-20(17-19-12-7-4-8-13-19)15-9-14-18-10-5-3-6-11-18/h3,5-6,10-11,19-21H,2,4,7-9,12-17H2,1H3. The largest absolute Gasteiger partial charge is 0.314 e. The fraction of sp³-hybridized carbons (Fsp3) is 0.700. The molecule has 0 aliphatic heterocycles. The summed E-state index contributed by atoms with van der Waals surface area (Å²) in [6, 6.07) is 11.7. The molecule has 1 N–H and O–H groups in total. The predicted octanol–water partition coefficient (Wildman–Crippen LogP) is 5.35. The molecule has 1 aliphatic rings. The fourth-order valence-electron chi connectivity index (χ4n) is 3.67. The maximum atomic E-state index is 3.80. The lowest BCUT2D eigenvalue weighted by atomic mass is 9.83. The third-order valence-corrected chi connectivity index (χ3v) is 4.89. The van der Waals surface area contributed by atoms with Crippen molar-refractivity contribution in [3.8, 4) is 0 Å². The van der Waals surface area contributed by atoms with Crippen molar-refractivity contribution in [3.05, 3.63) is 35.9 Å². The second-order valence-corrected chi connectivity index (χ2v) is 6.77. The molecule has 0 amide bonds. The molecule has 0 radical (unpaired) electrons. The van der Waals surface area contributed by atoms with Crippen LogP contribution in [-0.4, -0.2) is 12.6 Å². The zero-order chi connectivity index (χ0) is 14.8. The van der Waals surface area contributed by atoms with Crippen LogP contribution in [0.5, 0.6) is 0 Å². The molecule has 2 rings (SSSR count). The normalized spacial score (nSPS) is 17.8. The molecule has 0 aromatic heterocycles. The summed E-state index contributed by atoms with van der Waals surface area (Å²) < 4.78 is 0. The minimum absolute atomic E-state index is 0.747. The van der Waals surface area contributed by atoms with E-state index in [9.17, 15) is 0 Å². The van der Waals surface area contributed by atoms with Crippen molar-refractivity contribution in [1.29, 1.82) is 0 Å². The zero-order valence-corrected chi connectivity index (χ0v) is 13.8. The molecule has 0 heterocycles. The van der Waals surface area contributed by atoms with E-state index >= 15 is 0 Å². The molecule has 0 spiro atoms. The van der Waals surface area contributed by atoms with Gasteiger partial charge in [0.1, 0.15) is 0 Å². The molecule has 0 bridgehead atoms. The van der Waals surface area contributed by atoms with Crippen LogP contribution in [-0.2, 0) is 6.42 Å². The highest BCUT2D eigenvalue weighted by Crippen LogP contribution is 2.28. The molecule has 1 saturated carbocycles. The monoisotopic (exact) mass is 287 g/mol. The highest BCUT2D eigenvalue weighted by molar-refractivity contribution is 5.14. The van der Waals surface area contributed by atoms with Gasteiger partial charge in [0.15, 0.2) is 0 Å². The van der Waals surface area contributed by atoms with E-state index in [4.69, 9.17) is 0 Å². The maximum absolute atomic E-state index is 3.80. The summed E-state index contributed by atoms with van der Waals surface area (Å²) in [6.07, 6.45) is 13.9. The van der Waals surface area contributed by atoms with Gasteiger partial charge in [-0.05, 0) is 50.1 Å². The van der Waals surface area contributed by atoms with Crippen molar-refractivity contribution < 1.29 is 0 Å². The Balaban J connectivity index is 1.72. The first-order chi connectivity index (χ1) is 10.4. The third kappa shape index (κ3) is 6.65. The van der Waals surface area contributed by atoms with E-state index in [1.807, 2.05) is 0 Å². The molecule has 1 nitrogen and oxygen atoms in total. The third-order valence-electron chi connectivity index (χ3n) is 4.89. The Kier molecular flexibility index (Phi) is 7.88. The van der Waals surface area contributed by atoms with Crippen LogP contribution in [0.3, 0.4) is 0 Å². The zero-order valence-electron chi connectivity index (χ0n) is 13.8. The van der Waals surface area contributed by atoms with Crippen LogP contribution in [0.25, 0.3) is 0 Å². The molecular weight excluding hydrogens is 254 g/mol. The van der Waals surface area contributed by atoms with Crippen LogP contribution in [0.2, 0.25) is 0 Å². The number of hydrogen-bond acceptors (Lipinski definition) is 1. The summed E-state index contributed by atoms with van der Waals surface area (Å²) in [5.41, 5.74) is 1.49. The van der Waals surface area contributed by atoms with E-state index in [0.717, 1.165) is 12.0 Å². The van der Waals surface area contributed by atoms with Crippen molar-refractivity contribution in [1.82, 2.24) is 5.32 Å². The molecule has 1 fully saturated rings. The van der Waals surface area contributed by atoms with Crippen LogP contribution < -0.4 is 5.32 Å². The first-order valence-corrected chi connectivity index (χ1v) is 9.15. The SMILES string of the molecule is CCCNC(CCCc1ccccc1)CC1CCCCC1. The summed E-state index contributed by atoms with van der Waals surface area (Å²) in [4.78, 5) is 0. The van der Waals surface area contributed by atoms with Gasteiger partial charge >= 0.3 is 0 Å². The van der Waals surface area contributed by atoms with Crippen molar-refractivity contribution in [2.24, 2.45) is 5.92 Å². The smallest absolute Gasteiger partial charge is 0.00698 e. The van der Waals surface area contributed by atoms with Crippen molar-refractivity contribution >= 4 is 0 Å². The Morgan fingerprint density at radius 1 is 1.10 bits per heavy atom. The molecular formula is C20H33N. The number of aryl methyl sites for hydroxylation is 1. The first kappa shape index (κ1) is 16.5. The lowest BCUT2D eigenvalue weighted by Crippen LogP contribution is -2.32. The Bertz CT molecular complexity index is 353.